The summed E-state index contributed by atoms with van der Waals surface area (Å²) in [5.41, 5.74) is 5.63. The molecule has 0 spiro atoms. The molecule has 0 heterocycles. The average Bonchev–Trinajstić information content (AvgIpc) is 2.65. The van der Waals surface area contributed by atoms with Crippen molar-refractivity contribution in [3.8, 4) is 0 Å². The number of hydrogen-bond donors (Lipinski definition) is 3. The molecule has 0 aliphatic heterocycles. The third-order valence-corrected chi connectivity index (χ3v) is 3.25. The number of carbonyl (C=O) groups excluding carboxylic acids is 1. The minimum absolute atomic E-state index is 0.0570. The Kier molecular flexibility index (Phi) is 5.05. The first kappa shape index (κ1) is 12.5. The molecule has 1 amide bonds. The lowest BCUT2D eigenvalue weighted by Crippen LogP contribution is -2.40. The van der Waals surface area contributed by atoms with Crippen LogP contribution in [0.1, 0.15) is 32.6 Å². The number of amides is 1. The van der Waals surface area contributed by atoms with E-state index >= 15 is 0 Å². The standard InChI is InChI=1S/C11H22N2O2/c1-8(5-6-14)13-11(15)10-4-2-3-9(10)7-12/h8-10,14H,2-7,12H2,1H3,(H,13,15). The molecule has 0 aromatic rings. The monoisotopic (exact) mass is 214 g/mol. The van der Waals surface area contributed by atoms with Crippen molar-refractivity contribution in [3.63, 3.8) is 0 Å². The molecule has 1 fully saturated rings. The van der Waals surface area contributed by atoms with Crippen LogP contribution in [-0.4, -0.2) is 30.2 Å². The molecule has 15 heavy (non-hydrogen) atoms. The van der Waals surface area contributed by atoms with Crippen LogP contribution < -0.4 is 11.1 Å². The first-order valence-corrected chi connectivity index (χ1v) is 5.80. The molecular weight excluding hydrogens is 192 g/mol. The molecule has 0 aromatic carbocycles. The molecular formula is C11H22N2O2. The molecule has 1 saturated carbocycles. The van der Waals surface area contributed by atoms with E-state index in [0.717, 1.165) is 19.3 Å². The number of aliphatic hydroxyl groups excluding tert-OH is 1. The second-order valence-corrected chi connectivity index (χ2v) is 4.46. The molecule has 4 nitrogen and oxygen atoms in total. The van der Waals surface area contributed by atoms with Crippen molar-refractivity contribution in [2.75, 3.05) is 13.2 Å². The summed E-state index contributed by atoms with van der Waals surface area (Å²) in [5, 5.41) is 11.7. The smallest absolute Gasteiger partial charge is 0.223 e. The molecule has 0 bridgehead atoms. The topological polar surface area (TPSA) is 75.3 Å². The van der Waals surface area contributed by atoms with Crippen LogP contribution in [0.5, 0.6) is 0 Å². The van der Waals surface area contributed by atoms with Gasteiger partial charge >= 0.3 is 0 Å². The fraction of sp³-hybridized carbons (Fsp3) is 0.909. The van der Waals surface area contributed by atoms with Crippen molar-refractivity contribution in [1.29, 1.82) is 0 Å². The van der Waals surface area contributed by atoms with Gasteiger partial charge in [-0.25, -0.2) is 0 Å². The highest BCUT2D eigenvalue weighted by Crippen LogP contribution is 2.30. The maximum absolute atomic E-state index is 11.9. The van der Waals surface area contributed by atoms with E-state index in [9.17, 15) is 4.79 Å². The number of carbonyl (C=O) groups is 1. The Hall–Kier alpha value is -0.610. The Morgan fingerprint density at radius 3 is 2.93 bits per heavy atom. The summed E-state index contributed by atoms with van der Waals surface area (Å²) in [6, 6.07) is 0.0570. The summed E-state index contributed by atoms with van der Waals surface area (Å²) in [5.74, 6) is 0.561. The van der Waals surface area contributed by atoms with Crippen molar-refractivity contribution in [2.45, 2.75) is 38.6 Å². The summed E-state index contributed by atoms with van der Waals surface area (Å²) in [7, 11) is 0. The zero-order chi connectivity index (χ0) is 11.3. The summed E-state index contributed by atoms with van der Waals surface area (Å²) in [6.45, 7) is 2.64. The predicted octanol–water partition coefficient (Wildman–Crippen LogP) is 0.249. The van der Waals surface area contributed by atoms with Crippen molar-refractivity contribution in [3.05, 3.63) is 0 Å². The normalized spacial score (nSPS) is 27.7. The van der Waals surface area contributed by atoms with E-state index in [1.807, 2.05) is 6.92 Å². The van der Waals surface area contributed by atoms with Crippen LogP contribution in [0.2, 0.25) is 0 Å². The molecule has 1 aliphatic rings. The lowest BCUT2D eigenvalue weighted by molar-refractivity contribution is -0.126. The maximum Gasteiger partial charge on any atom is 0.223 e. The van der Waals surface area contributed by atoms with Crippen LogP contribution in [0.3, 0.4) is 0 Å². The van der Waals surface area contributed by atoms with Gasteiger partial charge in [0.15, 0.2) is 0 Å². The number of nitrogens with one attached hydrogen (secondary N) is 1. The molecule has 88 valence electrons. The van der Waals surface area contributed by atoms with Gasteiger partial charge in [-0.2, -0.15) is 0 Å². The second-order valence-electron chi connectivity index (χ2n) is 4.46. The molecule has 1 aliphatic carbocycles. The highest BCUT2D eigenvalue weighted by Gasteiger charge is 2.32. The van der Waals surface area contributed by atoms with Gasteiger partial charge in [0.25, 0.3) is 0 Å². The van der Waals surface area contributed by atoms with E-state index in [2.05, 4.69) is 5.32 Å². The SMILES string of the molecule is CC(CCO)NC(=O)C1CCCC1CN. The van der Waals surface area contributed by atoms with E-state index < -0.39 is 0 Å². The third kappa shape index (κ3) is 3.47. The van der Waals surface area contributed by atoms with Gasteiger partial charge in [-0.15, -0.1) is 0 Å². The van der Waals surface area contributed by atoms with E-state index in [1.165, 1.54) is 0 Å². The summed E-state index contributed by atoms with van der Waals surface area (Å²) >= 11 is 0. The van der Waals surface area contributed by atoms with Crippen molar-refractivity contribution >= 4 is 5.91 Å². The van der Waals surface area contributed by atoms with Crippen LogP contribution in [0.15, 0.2) is 0 Å². The Morgan fingerprint density at radius 2 is 2.33 bits per heavy atom. The first-order valence-electron chi connectivity index (χ1n) is 5.80. The average molecular weight is 214 g/mol. The molecule has 1 rings (SSSR count). The number of hydrogen-bond acceptors (Lipinski definition) is 3. The summed E-state index contributed by atoms with van der Waals surface area (Å²) in [4.78, 5) is 11.9. The molecule has 0 saturated heterocycles. The predicted molar refractivity (Wildman–Crippen MR) is 59.2 cm³/mol. The summed E-state index contributed by atoms with van der Waals surface area (Å²) < 4.78 is 0. The van der Waals surface area contributed by atoms with Gasteiger partial charge in [0.05, 0.1) is 0 Å². The van der Waals surface area contributed by atoms with Crippen molar-refractivity contribution in [1.82, 2.24) is 5.32 Å². The van der Waals surface area contributed by atoms with Gasteiger partial charge in [0.1, 0.15) is 0 Å². The Morgan fingerprint density at radius 1 is 1.60 bits per heavy atom. The number of rotatable bonds is 5. The lowest BCUT2D eigenvalue weighted by atomic mass is 9.95. The fourth-order valence-electron chi connectivity index (χ4n) is 2.28. The zero-order valence-electron chi connectivity index (χ0n) is 9.41. The van der Waals surface area contributed by atoms with Gasteiger partial charge in [0, 0.05) is 18.6 Å². The minimum atomic E-state index is 0.0570. The number of aliphatic hydroxyl groups is 1. The van der Waals surface area contributed by atoms with E-state index in [-0.39, 0.29) is 24.5 Å². The third-order valence-electron chi connectivity index (χ3n) is 3.25. The lowest BCUT2D eigenvalue weighted by Gasteiger charge is -2.20. The van der Waals surface area contributed by atoms with Gasteiger partial charge in [-0.3, -0.25) is 4.79 Å². The minimum Gasteiger partial charge on any atom is -0.396 e. The van der Waals surface area contributed by atoms with Gasteiger partial charge in [-0.1, -0.05) is 6.42 Å². The maximum atomic E-state index is 11.9. The molecule has 3 atom stereocenters. The van der Waals surface area contributed by atoms with E-state index in [0.29, 0.717) is 18.9 Å². The van der Waals surface area contributed by atoms with Crippen LogP contribution in [0.25, 0.3) is 0 Å². The Labute approximate surface area is 91.2 Å². The van der Waals surface area contributed by atoms with Gasteiger partial charge < -0.3 is 16.2 Å². The van der Waals surface area contributed by atoms with Crippen LogP contribution in [0.4, 0.5) is 0 Å². The molecule has 3 unspecified atom stereocenters. The second kappa shape index (κ2) is 6.08. The van der Waals surface area contributed by atoms with Gasteiger partial charge in [0.2, 0.25) is 5.91 Å². The molecule has 4 heteroatoms. The highest BCUT2D eigenvalue weighted by atomic mass is 16.3. The Bertz CT molecular complexity index is 209. The van der Waals surface area contributed by atoms with Crippen LogP contribution >= 0.6 is 0 Å². The van der Waals surface area contributed by atoms with Crippen LogP contribution in [0, 0.1) is 11.8 Å². The Balaban J connectivity index is 2.38. The van der Waals surface area contributed by atoms with E-state index in [4.69, 9.17) is 10.8 Å². The van der Waals surface area contributed by atoms with Crippen molar-refractivity contribution in [2.24, 2.45) is 17.6 Å². The molecule has 4 N–H and O–H groups in total. The van der Waals surface area contributed by atoms with E-state index in [1.54, 1.807) is 0 Å². The highest BCUT2D eigenvalue weighted by molar-refractivity contribution is 5.79. The zero-order valence-corrected chi connectivity index (χ0v) is 9.41. The van der Waals surface area contributed by atoms with Crippen LogP contribution in [-0.2, 0) is 4.79 Å². The van der Waals surface area contributed by atoms with Gasteiger partial charge in [-0.05, 0) is 38.6 Å². The molecule has 0 radical (unpaired) electrons. The molecule has 0 aromatic heterocycles. The fourth-order valence-corrected chi connectivity index (χ4v) is 2.28. The van der Waals surface area contributed by atoms with Crippen molar-refractivity contribution < 1.29 is 9.90 Å². The first-order chi connectivity index (χ1) is 7.19. The summed E-state index contributed by atoms with van der Waals surface area (Å²) in [6.07, 6.45) is 3.75. The largest absolute Gasteiger partial charge is 0.396 e. The number of nitrogens with two attached hydrogens (primary N) is 1. The quantitative estimate of drug-likeness (QED) is 0.614.